The lowest BCUT2D eigenvalue weighted by Crippen LogP contribution is -2.20. The number of carbonyl (C=O) groups excluding carboxylic acids is 1. The van der Waals surface area contributed by atoms with Gasteiger partial charge in [0.15, 0.2) is 5.78 Å². The number of carbonyl (C=O) groups is 1. The van der Waals surface area contributed by atoms with Crippen LogP contribution in [0.5, 0.6) is 0 Å². The number of nitrogens with one attached hydrogen (secondary N) is 1. The Morgan fingerprint density at radius 1 is 1.28 bits per heavy atom. The van der Waals surface area contributed by atoms with E-state index in [9.17, 15) is 13.2 Å². The molecule has 100 valence electrons. The van der Waals surface area contributed by atoms with Gasteiger partial charge >= 0.3 is 0 Å². The Hall–Kier alpha value is -1.07. The van der Waals surface area contributed by atoms with Crippen LogP contribution in [0.2, 0.25) is 5.02 Å². The number of ketones is 1. The van der Waals surface area contributed by atoms with Gasteiger partial charge in [0.25, 0.3) is 0 Å². The van der Waals surface area contributed by atoms with Gasteiger partial charge < -0.3 is 0 Å². The number of benzene rings is 1. The zero-order valence-corrected chi connectivity index (χ0v) is 12.3. The molecule has 0 saturated heterocycles. The second kappa shape index (κ2) is 4.90. The van der Waals surface area contributed by atoms with Crippen molar-refractivity contribution in [3.63, 3.8) is 0 Å². The van der Waals surface area contributed by atoms with Crippen LogP contribution in [0, 0.1) is 5.41 Å². The van der Waals surface area contributed by atoms with Gasteiger partial charge in [-0.2, -0.15) is 0 Å². The normalized spacial score (nSPS) is 12.3. The molecule has 0 aliphatic heterocycles. The second-order valence-electron chi connectivity index (χ2n) is 5.15. The van der Waals surface area contributed by atoms with Crippen LogP contribution in [0.3, 0.4) is 0 Å². The Balaban J connectivity index is 3.11. The van der Waals surface area contributed by atoms with E-state index in [0.717, 1.165) is 6.26 Å². The number of hydrogen-bond donors (Lipinski definition) is 1. The van der Waals surface area contributed by atoms with Gasteiger partial charge in [0, 0.05) is 11.0 Å². The Morgan fingerprint density at radius 2 is 1.83 bits per heavy atom. The minimum Gasteiger partial charge on any atom is -0.294 e. The molecule has 1 rings (SSSR count). The van der Waals surface area contributed by atoms with Gasteiger partial charge in [-0.15, -0.1) is 0 Å². The summed E-state index contributed by atoms with van der Waals surface area (Å²) in [5.41, 5.74) is 0.228. The zero-order valence-electron chi connectivity index (χ0n) is 10.7. The number of rotatable bonds is 3. The summed E-state index contributed by atoms with van der Waals surface area (Å²) < 4.78 is 24.5. The largest absolute Gasteiger partial charge is 0.294 e. The monoisotopic (exact) mass is 289 g/mol. The summed E-state index contributed by atoms with van der Waals surface area (Å²) in [6.45, 7) is 5.43. The van der Waals surface area contributed by atoms with E-state index < -0.39 is 15.4 Å². The van der Waals surface area contributed by atoms with Crippen molar-refractivity contribution < 1.29 is 13.2 Å². The topological polar surface area (TPSA) is 63.2 Å². The molecule has 0 aliphatic rings. The lowest BCUT2D eigenvalue weighted by atomic mass is 9.86. The number of Topliss-reactive ketones (excluding diaryl/α,β-unsaturated/α-hetero) is 1. The van der Waals surface area contributed by atoms with E-state index in [1.54, 1.807) is 6.07 Å². The SMILES string of the molecule is CC(C)(C)C(=O)c1ccc(NS(C)(=O)=O)c(Cl)c1. The van der Waals surface area contributed by atoms with Crippen LogP contribution >= 0.6 is 11.6 Å². The summed E-state index contributed by atoms with van der Waals surface area (Å²) in [4.78, 5) is 12.0. The summed E-state index contributed by atoms with van der Waals surface area (Å²) >= 11 is 5.95. The third-order valence-corrected chi connectivity index (χ3v) is 3.11. The predicted octanol–water partition coefficient (Wildman–Crippen LogP) is 2.94. The number of sulfonamides is 1. The molecule has 0 aromatic heterocycles. The Bertz CT molecular complexity index is 573. The molecule has 0 radical (unpaired) electrons. The fraction of sp³-hybridized carbons (Fsp3) is 0.417. The molecule has 1 aromatic rings. The molecule has 4 nitrogen and oxygen atoms in total. The van der Waals surface area contributed by atoms with E-state index in [-0.39, 0.29) is 16.5 Å². The van der Waals surface area contributed by atoms with Crippen molar-refractivity contribution in [2.75, 3.05) is 11.0 Å². The van der Waals surface area contributed by atoms with E-state index in [0.29, 0.717) is 5.56 Å². The molecular formula is C12H16ClNO3S. The molecule has 18 heavy (non-hydrogen) atoms. The van der Waals surface area contributed by atoms with Crippen LogP contribution in [-0.2, 0) is 10.0 Å². The highest BCUT2D eigenvalue weighted by molar-refractivity contribution is 7.92. The number of halogens is 1. The average Bonchev–Trinajstić information content (AvgIpc) is 2.16. The van der Waals surface area contributed by atoms with Gasteiger partial charge in [-0.3, -0.25) is 9.52 Å². The molecule has 0 saturated carbocycles. The molecule has 0 heterocycles. The molecule has 0 fully saturated rings. The minimum atomic E-state index is -3.38. The lowest BCUT2D eigenvalue weighted by Gasteiger charge is -2.17. The van der Waals surface area contributed by atoms with Crippen molar-refractivity contribution in [1.82, 2.24) is 0 Å². The van der Waals surface area contributed by atoms with Crippen molar-refractivity contribution in [2.24, 2.45) is 5.41 Å². The average molecular weight is 290 g/mol. The first-order valence-electron chi connectivity index (χ1n) is 5.33. The molecule has 0 unspecified atom stereocenters. The summed E-state index contributed by atoms with van der Waals surface area (Å²) in [5.74, 6) is -0.0460. The summed E-state index contributed by atoms with van der Waals surface area (Å²) in [6, 6.07) is 4.53. The van der Waals surface area contributed by atoms with Gasteiger partial charge in [0.05, 0.1) is 17.0 Å². The van der Waals surface area contributed by atoms with Crippen LogP contribution in [0.15, 0.2) is 18.2 Å². The minimum absolute atomic E-state index is 0.0460. The van der Waals surface area contributed by atoms with Gasteiger partial charge in [0.1, 0.15) is 0 Å². The van der Waals surface area contributed by atoms with Gasteiger partial charge in [-0.05, 0) is 18.2 Å². The van der Waals surface area contributed by atoms with E-state index in [1.807, 2.05) is 20.8 Å². The summed E-state index contributed by atoms with van der Waals surface area (Å²) in [7, 11) is -3.38. The Kier molecular flexibility index (Phi) is 4.08. The van der Waals surface area contributed by atoms with Gasteiger partial charge in [-0.25, -0.2) is 8.42 Å². The van der Waals surface area contributed by atoms with Gasteiger partial charge in [0.2, 0.25) is 10.0 Å². The number of hydrogen-bond acceptors (Lipinski definition) is 3. The van der Waals surface area contributed by atoms with Crippen LogP contribution in [-0.4, -0.2) is 20.5 Å². The third kappa shape index (κ3) is 3.99. The summed E-state index contributed by atoms with van der Waals surface area (Å²) in [6.07, 6.45) is 1.04. The van der Waals surface area contributed by atoms with Crippen LogP contribution < -0.4 is 4.72 Å². The second-order valence-corrected chi connectivity index (χ2v) is 7.30. The molecule has 0 atom stereocenters. The van der Waals surface area contributed by atoms with E-state index in [1.165, 1.54) is 12.1 Å². The number of anilines is 1. The van der Waals surface area contributed by atoms with E-state index in [2.05, 4.69) is 4.72 Å². The standard InChI is InChI=1S/C12H16ClNO3S/c1-12(2,3)11(15)8-5-6-10(9(13)7-8)14-18(4,16)17/h5-7,14H,1-4H3. The van der Waals surface area contributed by atoms with Crippen molar-refractivity contribution >= 4 is 33.1 Å². The molecule has 6 heteroatoms. The predicted molar refractivity (Wildman–Crippen MR) is 73.7 cm³/mol. The zero-order chi connectivity index (χ0) is 14.1. The van der Waals surface area contributed by atoms with Crippen LogP contribution in [0.25, 0.3) is 0 Å². The first-order valence-corrected chi connectivity index (χ1v) is 7.60. The quantitative estimate of drug-likeness (QED) is 0.870. The van der Waals surface area contributed by atoms with E-state index >= 15 is 0 Å². The maximum absolute atomic E-state index is 12.0. The maximum Gasteiger partial charge on any atom is 0.229 e. The van der Waals surface area contributed by atoms with Crippen molar-refractivity contribution in [2.45, 2.75) is 20.8 Å². The smallest absolute Gasteiger partial charge is 0.229 e. The molecule has 1 aromatic carbocycles. The molecule has 0 aliphatic carbocycles. The van der Waals surface area contributed by atoms with Crippen LogP contribution in [0.1, 0.15) is 31.1 Å². The summed E-state index contributed by atoms with van der Waals surface area (Å²) in [5, 5.41) is 0.204. The maximum atomic E-state index is 12.0. The first-order chi connectivity index (χ1) is 8.00. The molecule has 0 spiro atoms. The fourth-order valence-electron chi connectivity index (χ4n) is 1.37. The first kappa shape index (κ1) is 15.0. The van der Waals surface area contributed by atoms with Gasteiger partial charge in [-0.1, -0.05) is 32.4 Å². The molecule has 0 bridgehead atoms. The van der Waals surface area contributed by atoms with E-state index in [4.69, 9.17) is 11.6 Å². The third-order valence-electron chi connectivity index (χ3n) is 2.21. The highest BCUT2D eigenvalue weighted by Crippen LogP contribution is 2.27. The molecule has 1 N–H and O–H groups in total. The molecular weight excluding hydrogens is 274 g/mol. The highest BCUT2D eigenvalue weighted by atomic mass is 35.5. The van der Waals surface area contributed by atoms with Crippen molar-refractivity contribution in [3.8, 4) is 0 Å². The Morgan fingerprint density at radius 3 is 2.22 bits per heavy atom. The van der Waals surface area contributed by atoms with Crippen molar-refractivity contribution in [3.05, 3.63) is 28.8 Å². The fourth-order valence-corrected chi connectivity index (χ4v) is 2.23. The van der Waals surface area contributed by atoms with Crippen LogP contribution in [0.4, 0.5) is 5.69 Å². The molecule has 0 amide bonds. The highest BCUT2D eigenvalue weighted by Gasteiger charge is 2.23. The Labute approximate surface area is 112 Å². The lowest BCUT2D eigenvalue weighted by molar-refractivity contribution is 0.0858. The van der Waals surface area contributed by atoms with Crippen molar-refractivity contribution in [1.29, 1.82) is 0 Å².